The van der Waals surface area contributed by atoms with Gasteiger partial charge in [0.1, 0.15) is 23.1 Å². The van der Waals surface area contributed by atoms with Crippen LogP contribution in [-0.2, 0) is 15.3 Å². The Hall–Kier alpha value is -4.22. The van der Waals surface area contributed by atoms with Crippen LogP contribution >= 0.6 is 23.1 Å². The number of phenols is 1. The molecule has 1 atom stereocenters. The Labute approximate surface area is 225 Å². The molecule has 1 aliphatic rings. The lowest BCUT2D eigenvalue weighted by Crippen LogP contribution is -2.29. The summed E-state index contributed by atoms with van der Waals surface area (Å²) in [5.74, 6) is -1.58. The van der Waals surface area contributed by atoms with E-state index in [9.17, 15) is 24.2 Å². The number of hydrogen-bond donors (Lipinski definition) is 2. The second-order valence-electron chi connectivity index (χ2n) is 8.22. The van der Waals surface area contributed by atoms with E-state index in [0.717, 1.165) is 11.3 Å². The van der Waals surface area contributed by atoms with Crippen molar-refractivity contribution in [2.75, 3.05) is 12.0 Å². The SMILES string of the molecule is COc1ccc(/C(O)=C2/C(=O)C(=O)N(c3nnc(SCc4ccccc4F)s3)C2c2ccc(O)cc2)cc1. The third kappa shape index (κ3) is 4.85. The fraction of sp³-hybridized carbons (Fsp3) is 0.111. The minimum Gasteiger partial charge on any atom is -0.508 e. The Kier molecular flexibility index (Phi) is 7.12. The summed E-state index contributed by atoms with van der Waals surface area (Å²) in [7, 11) is 1.51. The number of Topliss-reactive ketones (excluding diaryl/α,β-unsaturated/α-hetero) is 1. The summed E-state index contributed by atoms with van der Waals surface area (Å²) in [5.41, 5.74) is 1.18. The van der Waals surface area contributed by atoms with Crippen LogP contribution in [0.3, 0.4) is 0 Å². The van der Waals surface area contributed by atoms with Crippen molar-refractivity contribution < 1.29 is 28.9 Å². The van der Waals surface area contributed by atoms with Gasteiger partial charge in [-0.25, -0.2) is 4.39 Å². The van der Waals surface area contributed by atoms with Gasteiger partial charge in [-0.2, -0.15) is 0 Å². The minimum atomic E-state index is -1.02. The highest BCUT2D eigenvalue weighted by Crippen LogP contribution is 2.44. The van der Waals surface area contributed by atoms with Gasteiger partial charge in [0.2, 0.25) is 5.13 Å². The van der Waals surface area contributed by atoms with E-state index in [1.54, 1.807) is 54.6 Å². The molecule has 1 aromatic heterocycles. The van der Waals surface area contributed by atoms with Crippen LogP contribution in [0.15, 0.2) is 82.7 Å². The predicted molar refractivity (Wildman–Crippen MR) is 142 cm³/mol. The fourth-order valence-corrected chi connectivity index (χ4v) is 5.87. The van der Waals surface area contributed by atoms with E-state index < -0.39 is 17.7 Å². The highest BCUT2D eigenvalue weighted by molar-refractivity contribution is 8.00. The van der Waals surface area contributed by atoms with E-state index in [-0.39, 0.29) is 28.0 Å². The van der Waals surface area contributed by atoms with E-state index in [4.69, 9.17) is 4.74 Å². The molecular formula is C27H20FN3O5S2. The van der Waals surface area contributed by atoms with Crippen molar-refractivity contribution in [3.8, 4) is 11.5 Å². The third-order valence-corrected chi connectivity index (χ3v) is 8.03. The van der Waals surface area contributed by atoms with Crippen molar-refractivity contribution in [3.63, 3.8) is 0 Å². The summed E-state index contributed by atoms with van der Waals surface area (Å²) in [6.07, 6.45) is 0. The number of phenolic OH excluding ortho intramolecular Hbond substituents is 1. The third-order valence-electron chi connectivity index (χ3n) is 5.93. The zero-order valence-corrected chi connectivity index (χ0v) is 21.5. The molecule has 0 spiro atoms. The number of ether oxygens (including phenoxy) is 1. The Morgan fingerprint density at radius 1 is 1.05 bits per heavy atom. The maximum atomic E-state index is 14.0. The number of thioether (sulfide) groups is 1. The van der Waals surface area contributed by atoms with Crippen LogP contribution in [0.5, 0.6) is 11.5 Å². The second-order valence-corrected chi connectivity index (χ2v) is 10.4. The Bertz CT molecular complexity index is 1540. The molecule has 0 saturated carbocycles. The number of aromatic hydroxyl groups is 1. The molecule has 0 bridgehead atoms. The Morgan fingerprint density at radius 3 is 2.45 bits per heavy atom. The molecule has 1 amide bonds. The number of methoxy groups -OCH3 is 1. The molecular weight excluding hydrogens is 529 g/mol. The molecule has 1 fully saturated rings. The van der Waals surface area contributed by atoms with Crippen molar-refractivity contribution in [3.05, 3.63) is 101 Å². The van der Waals surface area contributed by atoms with E-state index in [0.29, 0.717) is 32.5 Å². The van der Waals surface area contributed by atoms with Gasteiger partial charge in [0.25, 0.3) is 5.78 Å². The molecule has 4 aromatic rings. The standard InChI is InChI=1S/C27H20FN3O5S2/c1-36-19-12-8-16(9-13-19)23(33)21-22(15-6-10-18(32)11-7-15)31(25(35)24(21)34)26-29-30-27(38-26)37-14-17-4-2-3-5-20(17)28/h2-13,22,32-33H,14H2,1H3/b23-21-. The number of nitrogens with zero attached hydrogens (tertiary/aromatic N) is 3. The highest BCUT2D eigenvalue weighted by Gasteiger charge is 2.48. The van der Waals surface area contributed by atoms with Crippen LogP contribution in [0.25, 0.3) is 5.76 Å². The number of amides is 1. The number of hydrogen-bond acceptors (Lipinski definition) is 9. The molecule has 1 unspecified atom stereocenters. The maximum Gasteiger partial charge on any atom is 0.301 e. The Balaban J connectivity index is 1.53. The molecule has 5 rings (SSSR count). The lowest BCUT2D eigenvalue weighted by molar-refractivity contribution is -0.132. The number of aromatic nitrogens is 2. The van der Waals surface area contributed by atoms with Crippen molar-refractivity contribution >= 4 is 45.7 Å². The van der Waals surface area contributed by atoms with Gasteiger partial charge in [0.05, 0.1) is 18.7 Å². The van der Waals surface area contributed by atoms with Gasteiger partial charge in [-0.05, 0) is 53.6 Å². The zero-order chi connectivity index (χ0) is 26.8. The number of carbonyl (C=O) groups is 2. The summed E-state index contributed by atoms with van der Waals surface area (Å²) < 4.78 is 19.7. The molecule has 38 heavy (non-hydrogen) atoms. The van der Waals surface area contributed by atoms with Crippen LogP contribution in [0.4, 0.5) is 9.52 Å². The first-order valence-corrected chi connectivity index (χ1v) is 13.1. The number of aliphatic hydroxyl groups is 1. The molecule has 2 N–H and O–H groups in total. The quantitative estimate of drug-likeness (QED) is 0.105. The summed E-state index contributed by atoms with van der Waals surface area (Å²) in [5, 5.41) is 29.4. The van der Waals surface area contributed by atoms with Crippen LogP contribution in [-0.4, -0.2) is 39.2 Å². The van der Waals surface area contributed by atoms with Crippen molar-refractivity contribution in [1.82, 2.24) is 10.2 Å². The fourth-order valence-electron chi connectivity index (χ4n) is 4.02. The van der Waals surface area contributed by atoms with Gasteiger partial charge >= 0.3 is 5.91 Å². The van der Waals surface area contributed by atoms with Crippen molar-refractivity contribution in [2.45, 2.75) is 16.1 Å². The largest absolute Gasteiger partial charge is 0.508 e. The van der Waals surface area contributed by atoms with Crippen LogP contribution in [0.2, 0.25) is 0 Å². The maximum absolute atomic E-state index is 14.0. The number of rotatable bonds is 7. The van der Waals surface area contributed by atoms with Crippen LogP contribution in [0.1, 0.15) is 22.7 Å². The Morgan fingerprint density at radius 2 is 1.76 bits per heavy atom. The molecule has 8 nitrogen and oxygen atoms in total. The van der Waals surface area contributed by atoms with Gasteiger partial charge in [-0.15, -0.1) is 10.2 Å². The lowest BCUT2D eigenvalue weighted by Gasteiger charge is -2.22. The number of carbonyl (C=O) groups excluding carboxylic acids is 2. The first-order valence-electron chi connectivity index (χ1n) is 11.3. The molecule has 0 aliphatic carbocycles. The van der Waals surface area contributed by atoms with Gasteiger partial charge < -0.3 is 14.9 Å². The van der Waals surface area contributed by atoms with E-state index in [2.05, 4.69) is 10.2 Å². The van der Waals surface area contributed by atoms with Crippen molar-refractivity contribution in [1.29, 1.82) is 0 Å². The molecule has 3 aromatic carbocycles. The van der Waals surface area contributed by atoms with E-state index in [1.165, 1.54) is 42.0 Å². The van der Waals surface area contributed by atoms with E-state index >= 15 is 0 Å². The number of ketones is 1. The average Bonchev–Trinajstić information content (AvgIpc) is 3.50. The van der Waals surface area contributed by atoms with Gasteiger partial charge in [0.15, 0.2) is 4.34 Å². The number of aliphatic hydroxyl groups excluding tert-OH is 1. The molecule has 2 heterocycles. The van der Waals surface area contributed by atoms with Gasteiger partial charge in [0, 0.05) is 11.3 Å². The summed E-state index contributed by atoms with van der Waals surface area (Å²) >= 11 is 2.33. The first-order chi connectivity index (χ1) is 18.4. The second kappa shape index (κ2) is 10.6. The monoisotopic (exact) mass is 549 g/mol. The normalized spacial score (nSPS) is 16.7. The summed E-state index contributed by atoms with van der Waals surface area (Å²) in [6.45, 7) is 0. The van der Waals surface area contributed by atoms with Crippen molar-refractivity contribution in [2.24, 2.45) is 0 Å². The summed E-state index contributed by atoms with van der Waals surface area (Å²) in [6, 6.07) is 17.8. The minimum absolute atomic E-state index is 0.00333. The number of anilines is 1. The molecule has 1 saturated heterocycles. The summed E-state index contributed by atoms with van der Waals surface area (Å²) in [4.78, 5) is 27.7. The highest BCUT2D eigenvalue weighted by atomic mass is 32.2. The van der Waals surface area contributed by atoms with E-state index in [1.807, 2.05) is 0 Å². The lowest BCUT2D eigenvalue weighted by atomic mass is 9.95. The zero-order valence-electron chi connectivity index (χ0n) is 19.9. The molecule has 1 aliphatic heterocycles. The first kappa shape index (κ1) is 25.4. The van der Waals surface area contributed by atoms with Gasteiger partial charge in [-0.3, -0.25) is 14.5 Å². The molecule has 192 valence electrons. The predicted octanol–water partition coefficient (Wildman–Crippen LogP) is 5.31. The topological polar surface area (TPSA) is 113 Å². The van der Waals surface area contributed by atoms with Crippen LogP contribution in [0, 0.1) is 5.82 Å². The number of benzene rings is 3. The molecule has 11 heteroatoms. The van der Waals surface area contributed by atoms with Gasteiger partial charge in [-0.1, -0.05) is 53.4 Å². The smallest absolute Gasteiger partial charge is 0.301 e. The average molecular weight is 550 g/mol. The number of halogens is 1. The van der Waals surface area contributed by atoms with Crippen LogP contribution < -0.4 is 9.64 Å². The molecule has 0 radical (unpaired) electrons.